The predicted molar refractivity (Wildman–Crippen MR) is 131 cm³/mol. The van der Waals surface area contributed by atoms with E-state index in [-0.39, 0.29) is 6.03 Å². The number of amides is 2. The first-order valence-corrected chi connectivity index (χ1v) is 11.6. The van der Waals surface area contributed by atoms with E-state index in [0.29, 0.717) is 6.04 Å². The molecule has 166 valence electrons. The van der Waals surface area contributed by atoms with Crippen LogP contribution in [0.15, 0.2) is 54.6 Å². The summed E-state index contributed by atoms with van der Waals surface area (Å²) in [7, 11) is 0. The maximum atomic E-state index is 12.0. The highest BCUT2D eigenvalue weighted by atomic mass is 16.2. The summed E-state index contributed by atoms with van der Waals surface area (Å²) in [6.07, 6.45) is 0.987. The van der Waals surface area contributed by atoms with Gasteiger partial charge < -0.3 is 10.2 Å². The van der Waals surface area contributed by atoms with Gasteiger partial charge in [0, 0.05) is 67.8 Å². The Labute approximate surface area is 189 Å². The van der Waals surface area contributed by atoms with Crippen molar-refractivity contribution in [1.82, 2.24) is 15.2 Å². The number of nitrogens with one attached hydrogen (secondary N) is 1. The van der Waals surface area contributed by atoms with Gasteiger partial charge in [0.15, 0.2) is 0 Å². The highest BCUT2D eigenvalue weighted by Gasteiger charge is 2.24. The van der Waals surface area contributed by atoms with Crippen molar-refractivity contribution < 1.29 is 4.79 Å². The first-order valence-electron chi connectivity index (χ1n) is 11.6. The number of aryl methyl sites for hydroxylation is 1. The van der Waals surface area contributed by atoms with Crippen molar-refractivity contribution in [2.75, 3.05) is 49.1 Å². The highest BCUT2D eigenvalue weighted by molar-refractivity contribution is 5.94. The molecule has 2 aromatic carbocycles. The molecule has 5 rings (SSSR count). The molecular formula is C26H31N5O. The molecule has 0 spiro atoms. The van der Waals surface area contributed by atoms with E-state index in [4.69, 9.17) is 4.98 Å². The number of hydrogen-bond donors (Lipinski definition) is 1. The molecule has 1 unspecified atom stereocenters. The van der Waals surface area contributed by atoms with Crippen LogP contribution in [-0.4, -0.2) is 61.2 Å². The molecule has 2 aliphatic heterocycles. The summed E-state index contributed by atoms with van der Waals surface area (Å²) in [6.45, 7) is 9.95. The Morgan fingerprint density at radius 1 is 1.00 bits per heavy atom. The number of piperazine rings is 1. The molecule has 2 saturated heterocycles. The van der Waals surface area contributed by atoms with Crippen molar-refractivity contribution >= 4 is 28.3 Å². The number of aromatic nitrogens is 1. The fourth-order valence-electron chi connectivity index (χ4n) is 4.96. The average molecular weight is 430 g/mol. The van der Waals surface area contributed by atoms with Crippen LogP contribution in [0.4, 0.5) is 16.2 Å². The van der Waals surface area contributed by atoms with Gasteiger partial charge in [-0.3, -0.25) is 14.8 Å². The van der Waals surface area contributed by atoms with E-state index in [1.54, 1.807) is 0 Å². The van der Waals surface area contributed by atoms with Crippen LogP contribution in [0, 0.1) is 6.92 Å². The van der Waals surface area contributed by atoms with Gasteiger partial charge >= 0.3 is 6.03 Å². The largest absolute Gasteiger partial charge is 0.368 e. The Hall–Kier alpha value is -3.12. The normalized spacial score (nSPS) is 18.2. The lowest BCUT2D eigenvalue weighted by atomic mass is 10.0. The number of rotatable bonds is 5. The lowest BCUT2D eigenvalue weighted by molar-refractivity contribution is 0.196. The molecule has 0 radical (unpaired) electrons. The van der Waals surface area contributed by atoms with Crippen molar-refractivity contribution in [3.8, 4) is 0 Å². The quantitative estimate of drug-likeness (QED) is 0.670. The van der Waals surface area contributed by atoms with Crippen LogP contribution < -0.4 is 15.1 Å². The number of benzene rings is 2. The number of pyridine rings is 1. The predicted octanol–water partition coefficient (Wildman–Crippen LogP) is 3.83. The Kier molecular flexibility index (Phi) is 5.70. The van der Waals surface area contributed by atoms with Crippen LogP contribution in [0.25, 0.3) is 10.9 Å². The summed E-state index contributed by atoms with van der Waals surface area (Å²) < 4.78 is 0. The molecule has 6 nitrogen and oxygen atoms in total. The van der Waals surface area contributed by atoms with Crippen LogP contribution in [-0.2, 0) is 6.42 Å². The van der Waals surface area contributed by atoms with Gasteiger partial charge in [0.25, 0.3) is 0 Å². The standard InChI is InChI=1S/C26H31N5O/c1-19-9-10-23-24(28-19)7-4-8-25(23)30-15-13-29(14-16-30)20(2)17-21-5-3-6-22(18-21)31-12-11-27-26(31)32/h3-10,18,20H,11-17H2,1-2H3,(H,27,32). The Bertz CT molecular complexity index is 1120. The lowest BCUT2D eigenvalue weighted by Crippen LogP contribution is -2.50. The number of fused-ring (bicyclic) bond motifs is 1. The van der Waals surface area contributed by atoms with Crippen LogP contribution in [0.5, 0.6) is 0 Å². The first-order chi connectivity index (χ1) is 15.6. The lowest BCUT2D eigenvalue weighted by Gasteiger charge is -2.39. The maximum absolute atomic E-state index is 12.0. The second-order valence-corrected chi connectivity index (χ2v) is 8.93. The fourth-order valence-corrected chi connectivity index (χ4v) is 4.96. The topological polar surface area (TPSA) is 51.7 Å². The molecule has 2 amide bonds. The molecule has 32 heavy (non-hydrogen) atoms. The molecule has 0 saturated carbocycles. The minimum Gasteiger partial charge on any atom is -0.368 e. The molecule has 1 atom stereocenters. The van der Waals surface area contributed by atoms with E-state index in [2.05, 4.69) is 70.6 Å². The third-order valence-electron chi connectivity index (χ3n) is 6.74. The maximum Gasteiger partial charge on any atom is 0.321 e. The number of hydrogen-bond acceptors (Lipinski definition) is 4. The molecular weight excluding hydrogens is 398 g/mol. The summed E-state index contributed by atoms with van der Waals surface area (Å²) in [5.41, 5.74) is 5.70. The van der Waals surface area contributed by atoms with E-state index in [0.717, 1.165) is 62.6 Å². The van der Waals surface area contributed by atoms with Gasteiger partial charge in [-0.15, -0.1) is 0 Å². The SMILES string of the molecule is Cc1ccc2c(N3CCN(C(C)Cc4cccc(N5CCNC5=O)c4)CC3)cccc2n1. The van der Waals surface area contributed by atoms with E-state index in [1.807, 2.05) is 17.9 Å². The van der Waals surface area contributed by atoms with Crippen molar-refractivity contribution in [3.05, 3.63) is 65.9 Å². The first kappa shape index (κ1) is 20.8. The van der Waals surface area contributed by atoms with Crippen LogP contribution in [0.2, 0.25) is 0 Å². The Morgan fingerprint density at radius 2 is 1.81 bits per heavy atom. The van der Waals surface area contributed by atoms with Gasteiger partial charge in [0.1, 0.15) is 0 Å². The van der Waals surface area contributed by atoms with Gasteiger partial charge in [-0.2, -0.15) is 0 Å². The zero-order chi connectivity index (χ0) is 22.1. The Balaban J connectivity index is 1.23. The van der Waals surface area contributed by atoms with E-state index in [1.165, 1.54) is 16.6 Å². The van der Waals surface area contributed by atoms with Gasteiger partial charge in [-0.25, -0.2) is 4.79 Å². The van der Waals surface area contributed by atoms with Gasteiger partial charge in [-0.1, -0.05) is 18.2 Å². The Morgan fingerprint density at radius 3 is 2.59 bits per heavy atom. The monoisotopic (exact) mass is 429 g/mol. The molecule has 1 aromatic heterocycles. The summed E-state index contributed by atoms with van der Waals surface area (Å²) in [5, 5.41) is 4.12. The molecule has 3 aromatic rings. The number of carbonyl (C=O) groups excluding carboxylic acids is 1. The van der Waals surface area contributed by atoms with Crippen LogP contribution in [0.3, 0.4) is 0 Å². The van der Waals surface area contributed by atoms with Crippen molar-refractivity contribution in [1.29, 1.82) is 0 Å². The summed E-state index contributed by atoms with van der Waals surface area (Å²) in [4.78, 5) is 23.6. The summed E-state index contributed by atoms with van der Waals surface area (Å²) >= 11 is 0. The number of carbonyl (C=O) groups is 1. The molecule has 2 aliphatic rings. The molecule has 0 bridgehead atoms. The summed E-state index contributed by atoms with van der Waals surface area (Å²) in [6, 6.07) is 19.6. The van der Waals surface area contributed by atoms with Crippen LogP contribution in [0.1, 0.15) is 18.2 Å². The van der Waals surface area contributed by atoms with Crippen LogP contribution >= 0.6 is 0 Å². The zero-order valence-electron chi connectivity index (χ0n) is 18.9. The van der Waals surface area contributed by atoms with E-state index < -0.39 is 0 Å². The second kappa shape index (κ2) is 8.79. The number of urea groups is 1. The zero-order valence-corrected chi connectivity index (χ0v) is 18.9. The molecule has 3 heterocycles. The smallest absolute Gasteiger partial charge is 0.321 e. The summed E-state index contributed by atoms with van der Waals surface area (Å²) in [5.74, 6) is 0. The van der Waals surface area contributed by atoms with E-state index in [9.17, 15) is 4.79 Å². The van der Waals surface area contributed by atoms with Gasteiger partial charge in [0.05, 0.1) is 5.52 Å². The third kappa shape index (κ3) is 4.15. The minimum absolute atomic E-state index is 0.00474. The second-order valence-electron chi connectivity index (χ2n) is 8.93. The average Bonchev–Trinajstić information content (AvgIpc) is 3.24. The van der Waals surface area contributed by atoms with Crippen molar-refractivity contribution in [2.24, 2.45) is 0 Å². The number of nitrogens with zero attached hydrogens (tertiary/aromatic N) is 4. The molecule has 1 N–H and O–H groups in total. The van der Waals surface area contributed by atoms with Gasteiger partial charge in [0.2, 0.25) is 0 Å². The third-order valence-corrected chi connectivity index (χ3v) is 6.74. The van der Waals surface area contributed by atoms with Crippen molar-refractivity contribution in [2.45, 2.75) is 26.3 Å². The van der Waals surface area contributed by atoms with Crippen molar-refractivity contribution in [3.63, 3.8) is 0 Å². The molecule has 2 fully saturated rings. The number of anilines is 2. The van der Waals surface area contributed by atoms with Gasteiger partial charge in [-0.05, 0) is 62.2 Å². The molecule has 0 aliphatic carbocycles. The molecule has 6 heteroatoms. The highest BCUT2D eigenvalue weighted by Crippen LogP contribution is 2.27. The van der Waals surface area contributed by atoms with E-state index >= 15 is 0 Å². The fraction of sp³-hybridized carbons (Fsp3) is 0.385. The minimum atomic E-state index is 0.00474.